The van der Waals surface area contributed by atoms with Crippen LogP contribution in [0.2, 0.25) is 0 Å². The number of anilines is 1. The predicted molar refractivity (Wildman–Crippen MR) is 116 cm³/mol. The number of amides is 1. The van der Waals surface area contributed by atoms with Crippen LogP contribution in [0.15, 0.2) is 42.5 Å². The van der Waals surface area contributed by atoms with E-state index >= 15 is 0 Å². The van der Waals surface area contributed by atoms with E-state index in [9.17, 15) is 4.79 Å². The summed E-state index contributed by atoms with van der Waals surface area (Å²) < 4.78 is 11.3. The minimum atomic E-state index is -0.160. The van der Waals surface area contributed by atoms with Gasteiger partial charge in [-0.3, -0.25) is 4.79 Å². The average Bonchev–Trinajstić information content (AvgIpc) is 2.69. The molecule has 0 unspecified atom stereocenters. The predicted octanol–water partition coefficient (Wildman–Crippen LogP) is 5.92. The first-order valence-electron chi connectivity index (χ1n) is 9.91. The zero-order valence-corrected chi connectivity index (χ0v) is 17.4. The van der Waals surface area contributed by atoms with Crippen molar-refractivity contribution >= 4 is 17.7 Å². The Morgan fingerprint density at radius 2 is 1.79 bits per heavy atom. The Morgan fingerprint density at radius 1 is 1.04 bits per heavy atom. The number of aryl methyl sites for hydroxylation is 2. The van der Waals surface area contributed by atoms with Crippen LogP contribution in [0.3, 0.4) is 0 Å². The molecule has 0 heterocycles. The summed E-state index contributed by atoms with van der Waals surface area (Å²) >= 11 is 0. The highest BCUT2D eigenvalue weighted by atomic mass is 16.5. The molecule has 0 aliphatic carbocycles. The minimum absolute atomic E-state index is 0.160. The Kier molecular flexibility index (Phi) is 8.60. The van der Waals surface area contributed by atoms with Crippen LogP contribution in [-0.4, -0.2) is 19.6 Å². The maximum atomic E-state index is 12.3. The highest BCUT2D eigenvalue weighted by Crippen LogP contribution is 2.29. The number of para-hydroxylation sites is 1. The monoisotopic (exact) mass is 381 g/mol. The topological polar surface area (TPSA) is 47.6 Å². The van der Waals surface area contributed by atoms with E-state index in [1.165, 1.54) is 25.3 Å². The van der Waals surface area contributed by atoms with Crippen molar-refractivity contribution in [3.63, 3.8) is 0 Å². The summed E-state index contributed by atoms with van der Waals surface area (Å²) in [6, 6.07) is 11.6. The molecule has 2 aromatic carbocycles. The van der Waals surface area contributed by atoms with E-state index in [0.29, 0.717) is 12.4 Å². The lowest BCUT2D eigenvalue weighted by Crippen LogP contribution is -2.10. The molecule has 0 saturated carbocycles. The van der Waals surface area contributed by atoms with Crippen LogP contribution >= 0.6 is 0 Å². The standard InChI is InChI=1S/C24H31NO3/c1-5-6-7-8-16-28-21-14-12-20(17-22(21)27-4)13-15-23(26)25-24-18(2)10-9-11-19(24)3/h9-15,17H,5-8,16H2,1-4H3,(H,25,26). The number of unbranched alkanes of at least 4 members (excludes halogenated alkanes) is 3. The number of carbonyl (C=O) groups excluding carboxylic acids is 1. The van der Waals surface area contributed by atoms with Gasteiger partial charge in [0.05, 0.1) is 13.7 Å². The van der Waals surface area contributed by atoms with Crippen LogP contribution < -0.4 is 14.8 Å². The second-order valence-corrected chi connectivity index (χ2v) is 6.91. The maximum Gasteiger partial charge on any atom is 0.248 e. The van der Waals surface area contributed by atoms with E-state index in [-0.39, 0.29) is 5.91 Å². The minimum Gasteiger partial charge on any atom is -0.493 e. The Labute approximate surface area is 168 Å². The van der Waals surface area contributed by atoms with Gasteiger partial charge in [-0.25, -0.2) is 0 Å². The fourth-order valence-corrected chi connectivity index (χ4v) is 2.97. The van der Waals surface area contributed by atoms with Crippen molar-refractivity contribution in [3.8, 4) is 11.5 Å². The van der Waals surface area contributed by atoms with Crippen molar-refractivity contribution in [2.75, 3.05) is 19.0 Å². The molecule has 1 amide bonds. The Morgan fingerprint density at radius 3 is 2.46 bits per heavy atom. The Hall–Kier alpha value is -2.75. The zero-order valence-electron chi connectivity index (χ0n) is 17.4. The van der Waals surface area contributed by atoms with E-state index < -0.39 is 0 Å². The first-order chi connectivity index (χ1) is 13.5. The summed E-state index contributed by atoms with van der Waals surface area (Å²) in [5, 5.41) is 2.95. The van der Waals surface area contributed by atoms with E-state index in [1.54, 1.807) is 13.2 Å². The summed E-state index contributed by atoms with van der Waals surface area (Å²) in [5.74, 6) is 1.25. The first-order valence-corrected chi connectivity index (χ1v) is 9.91. The lowest BCUT2D eigenvalue weighted by atomic mass is 10.1. The molecule has 0 aliphatic rings. The highest BCUT2D eigenvalue weighted by Gasteiger charge is 2.07. The molecule has 2 rings (SSSR count). The molecule has 4 heteroatoms. The maximum absolute atomic E-state index is 12.3. The molecule has 0 fully saturated rings. The van der Waals surface area contributed by atoms with Crippen LogP contribution in [0.5, 0.6) is 11.5 Å². The van der Waals surface area contributed by atoms with Crippen LogP contribution in [0.25, 0.3) is 6.08 Å². The lowest BCUT2D eigenvalue weighted by Gasteiger charge is -2.11. The fraction of sp³-hybridized carbons (Fsp3) is 0.375. The van der Waals surface area contributed by atoms with Gasteiger partial charge in [-0.05, 0) is 55.2 Å². The smallest absolute Gasteiger partial charge is 0.248 e. The van der Waals surface area contributed by atoms with Gasteiger partial charge in [-0.15, -0.1) is 0 Å². The van der Waals surface area contributed by atoms with Gasteiger partial charge in [-0.2, -0.15) is 0 Å². The van der Waals surface area contributed by atoms with E-state index in [1.807, 2.05) is 50.2 Å². The van der Waals surface area contributed by atoms with E-state index in [2.05, 4.69) is 12.2 Å². The molecule has 0 saturated heterocycles. The number of methoxy groups -OCH3 is 1. The molecule has 0 aromatic heterocycles. The van der Waals surface area contributed by atoms with Crippen LogP contribution in [0, 0.1) is 13.8 Å². The van der Waals surface area contributed by atoms with Crippen molar-refractivity contribution in [1.29, 1.82) is 0 Å². The second-order valence-electron chi connectivity index (χ2n) is 6.91. The number of hydrogen-bond donors (Lipinski definition) is 1. The second kappa shape index (κ2) is 11.2. The fourth-order valence-electron chi connectivity index (χ4n) is 2.97. The molecule has 0 atom stereocenters. The number of carbonyl (C=O) groups is 1. The zero-order chi connectivity index (χ0) is 20.4. The molecule has 0 spiro atoms. The number of nitrogens with one attached hydrogen (secondary N) is 1. The van der Waals surface area contributed by atoms with Crippen molar-refractivity contribution in [1.82, 2.24) is 0 Å². The highest BCUT2D eigenvalue weighted by molar-refractivity contribution is 6.02. The molecule has 0 aliphatic heterocycles. The summed E-state index contributed by atoms with van der Waals surface area (Å²) in [6.07, 6.45) is 7.96. The molecular formula is C24H31NO3. The largest absolute Gasteiger partial charge is 0.493 e. The number of ether oxygens (including phenoxy) is 2. The van der Waals surface area contributed by atoms with Crippen molar-refractivity contribution in [2.45, 2.75) is 46.5 Å². The molecule has 1 N–H and O–H groups in total. The number of benzene rings is 2. The van der Waals surface area contributed by atoms with Gasteiger partial charge >= 0.3 is 0 Å². The van der Waals surface area contributed by atoms with Crippen molar-refractivity contribution in [2.24, 2.45) is 0 Å². The van der Waals surface area contributed by atoms with Gasteiger partial charge in [0.1, 0.15) is 0 Å². The van der Waals surface area contributed by atoms with Crippen LogP contribution in [-0.2, 0) is 4.79 Å². The third kappa shape index (κ3) is 6.45. The van der Waals surface area contributed by atoms with Gasteiger partial charge in [-0.1, -0.05) is 50.5 Å². The quantitative estimate of drug-likeness (QED) is 0.410. The molecule has 0 radical (unpaired) electrons. The number of hydrogen-bond acceptors (Lipinski definition) is 3. The normalized spacial score (nSPS) is 10.9. The lowest BCUT2D eigenvalue weighted by molar-refractivity contribution is -0.111. The van der Waals surface area contributed by atoms with Crippen LogP contribution in [0.1, 0.15) is 49.3 Å². The summed E-state index contributed by atoms with van der Waals surface area (Å²) in [4.78, 5) is 12.3. The van der Waals surface area contributed by atoms with E-state index in [4.69, 9.17) is 9.47 Å². The van der Waals surface area contributed by atoms with Crippen molar-refractivity contribution in [3.05, 3.63) is 59.2 Å². The summed E-state index contributed by atoms with van der Waals surface area (Å²) in [6.45, 7) is 6.85. The van der Waals surface area contributed by atoms with Crippen LogP contribution in [0.4, 0.5) is 5.69 Å². The van der Waals surface area contributed by atoms with Gasteiger partial charge < -0.3 is 14.8 Å². The molecule has 4 nitrogen and oxygen atoms in total. The molecule has 2 aromatic rings. The SMILES string of the molecule is CCCCCCOc1ccc(C=CC(=O)Nc2c(C)cccc2C)cc1OC. The van der Waals surface area contributed by atoms with Gasteiger partial charge in [0.2, 0.25) is 5.91 Å². The number of rotatable bonds is 10. The third-order valence-corrected chi connectivity index (χ3v) is 4.60. The Bertz CT molecular complexity index is 791. The molecule has 28 heavy (non-hydrogen) atoms. The summed E-state index contributed by atoms with van der Waals surface area (Å²) in [7, 11) is 1.63. The van der Waals surface area contributed by atoms with Gasteiger partial charge in [0, 0.05) is 11.8 Å². The molecule has 150 valence electrons. The average molecular weight is 382 g/mol. The van der Waals surface area contributed by atoms with Gasteiger partial charge in [0.25, 0.3) is 0 Å². The first kappa shape index (κ1) is 21.5. The van der Waals surface area contributed by atoms with Crippen molar-refractivity contribution < 1.29 is 14.3 Å². The molecule has 0 bridgehead atoms. The Balaban J connectivity index is 1.98. The summed E-state index contributed by atoms with van der Waals surface area (Å²) in [5.41, 5.74) is 3.83. The molecular weight excluding hydrogens is 350 g/mol. The van der Waals surface area contributed by atoms with Gasteiger partial charge in [0.15, 0.2) is 11.5 Å². The van der Waals surface area contributed by atoms with E-state index in [0.717, 1.165) is 34.5 Å². The third-order valence-electron chi connectivity index (χ3n) is 4.60.